The van der Waals surface area contributed by atoms with E-state index in [1.54, 1.807) is 14.0 Å². The molecule has 32 heavy (non-hydrogen) atoms. The lowest BCUT2D eigenvalue weighted by atomic mass is 9.70. The Balaban J connectivity index is 1.69. The van der Waals surface area contributed by atoms with E-state index in [0.29, 0.717) is 5.69 Å². The van der Waals surface area contributed by atoms with E-state index in [-0.39, 0.29) is 30.2 Å². The quantitative estimate of drug-likeness (QED) is 0.627. The van der Waals surface area contributed by atoms with Gasteiger partial charge in [-0.3, -0.25) is 14.4 Å². The van der Waals surface area contributed by atoms with Crippen molar-refractivity contribution in [1.29, 1.82) is 0 Å². The lowest BCUT2D eigenvalue weighted by Crippen LogP contribution is -2.49. The van der Waals surface area contributed by atoms with E-state index in [9.17, 15) is 19.5 Å². The van der Waals surface area contributed by atoms with Gasteiger partial charge < -0.3 is 20.6 Å². The van der Waals surface area contributed by atoms with E-state index in [4.69, 9.17) is 0 Å². The van der Waals surface area contributed by atoms with Crippen molar-refractivity contribution >= 4 is 34.2 Å². The minimum Gasteiger partial charge on any atom is -0.394 e. The molecule has 1 aliphatic heterocycles. The minimum atomic E-state index is -0.808. The molecule has 2 aliphatic rings. The summed E-state index contributed by atoms with van der Waals surface area (Å²) in [6, 6.07) is 12.2. The smallest absolute Gasteiger partial charge is 0.247 e. The maximum atomic E-state index is 13.5. The summed E-state index contributed by atoms with van der Waals surface area (Å²) >= 11 is 0. The number of nitrogens with one attached hydrogen (secondary N) is 2. The first-order valence-corrected chi connectivity index (χ1v) is 11.0. The highest BCUT2D eigenvalue weighted by Gasteiger charge is 2.57. The lowest BCUT2D eigenvalue weighted by molar-refractivity contribution is -0.142. The Kier molecular flexibility index (Phi) is 6.02. The molecule has 2 aromatic rings. The first kappa shape index (κ1) is 22.0. The Bertz CT molecular complexity index is 1080. The summed E-state index contributed by atoms with van der Waals surface area (Å²) in [5, 5.41) is 17.5. The number of aliphatic hydroxyl groups is 1. The van der Waals surface area contributed by atoms with Crippen molar-refractivity contribution < 1.29 is 19.5 Å². The average molecular weight is 436 g/mol. The van der Waals surface area contributed by atoms with Gasteiger partial charge in [-0.05, 0) is 35.7 Å². The number of carbonyl (C=O) groups is 3. The van der Waals surface area contributed by atoms with Crippen molar-refractivity contribution in [1.82, 2.24) is 10.2 Å². The topological polar surface area (TPSA) is 98.7 Å². The predicted octanol–water partition coefficient (Wildman–Crippen LogP) is 2.17. The standard InChI is InChI=1S/C25H29N3O4/c1-14-8-11-19-21(20(14)23(30)26-3)25(32)28(15(2)13-29)22(19)24(31)27-18-10-9-16-6-4-5-7-17(16)12-18/h4-12,14-15,19-22,29H,13H2,1-3H3,(H,26,30)(H,27,31)/t14-,15-,19+,20-,21+,22+/m1/s1. The molecule has 1 fully saturated rings. The van der Waals surface area contributed by atoms with Gasteiger partial charge in [-0.2, -0.15) is 0 Å². The molecule has 0 saturated carbocycles. The molecule has 3 amide bonds. The molecule has 0 aromatic heterocycles. The molecular formula is C25H29N3O4. The number of amides is 3. The third-order valence-electron chi connectivity index (χ3n) is 6.78. The van der Waals surface area contributed by atoms with E-state index < -0.39 is 29.8 Å². The maximum absolute atomic E-state index is 13.5. The molecule has 3 N–H and O–H groups in total. The van der Waals surface area contributed by atoms with E-state index in [1.165, 1.54) is 4.90 Å². The number of aliphatic hydroxyl groups excluding tert-OH is 1. The fraction of sp³-hybridized carbons (Fsp3) is 0.400. The van der Waals surface area contributed by atoms with Crippen LogP contribution < -0.4 is 10.6 Å². The first-order valence-electron chi connectivity index (χ1n) is 11.0. The van der Waals surface area contributed by atoms with Crippen LogP contribution in [0.1, 0.15) is 13.8 Å². The molecule has 1 saturated heterocycles. The van der Waals surface area contributed by atoms with Gasteiger partial charge in [-0.25, -0.2) is 0 Å². The number of rotatable bonds is 5. The molecule has 7 heteroatoms. The van der Waals surface area contributed by atoms with Crippen LogP contribution in [0.15, 0.2) is 54.6 Å². The van der Waals surface area contributed by atoms with Crippen molar-refractivity contribution in [2.45, 2.75) is 25.9 Å². The third-order valence-corrected chi connectivity index (χ3v) is 6.78. The molecule has 0 bridgehead atoms. The summed E-state index contributed by atoms with van der Waals surface area (Å²) in [7, 11) is 1.56. The number of hydrogen-bond acceptors (Lipinski definition) is 4. The lowest BCUT2D eigenvalue weighted by Gasteiger charge is -2.32. The highest BCUT2D eigenvalue weighted by molar-refractivity contribution is 6.03. The van der Waals surface area contributed by atoms with Gasteiger partial charge in [0.15, 0.2) is 0 Å². The van der Waals surface area contributed by atoms with Gasteiger partial charge in [-0.15, -0.1) is 0 Å². The van der Waals surface area contributed by atoms with Crippen LogP contribution in [0.4, 0.5) is 5.69 Å². The van der Waals surface area contributed by atoms with Gasteiger partial charge in [0.05, 0.1) is 24.5 Å². The zero-order valence-corrected chi connectivity index (χ0v) is 18.5. The van der Waals surface area contributed by atoms with Gasteiger partial charge in [0.2, 0.25) is 17.7 Å². The number of fused-ring (bicyclic) bond motifs is 2. The Morgan fingerprint density at radius 1 is 1.09 bits per heavy atom. The predicted molar refractivity (Wildman–Crippen MR) is 123 cm³/mol. The highest BCUT2D eigenvalue weighted by Crippen LogP contribution is 2.44. The Morgan fingerprint density at radius 2 is 1.81 bits per heavy atom. The number of anilines is 1. The van der Waals surface area contributed by atoms with Crippen LogP contribution in [0.2, 0.25) is 0 Å². The number of carbonyl (C=O) groups excluding carboxylic acids is 3. The van der Waals surface area contributed by atoms with Crippen LogP contribution in [-0.4, -0.2) is 53.5 Å². The van der Waals surface area contributed by atoms with Crippen molar-refractivity contribution in [2.75, 3.05) is 19.0 Å². The second kappa shape index (κ2) is 8.74. The molecule has 7 nitrogen and oxygen atoms in total. The summed E-state index contributed by atoms with van der Waals surface area (Å²) in [5.41, 5.74) is 0.636. The largest absolute Gasteiger partial charge is 0.394 e. The van der Waals surface area contributed by atoms with E-state index in [0.717, 1.165) is 10.8 Å². The van der Waals surface area contributed by atoms with Gasteiger partial charge in [0, 0.05) is 18.7 Å². The van der Waals surface area contributed by atoms with Crippen molar-refractivity contribution in [3.63, 3.8) is 0 Å². The number of likely N-dealkylation sites (tertiary alicyclic amines) is 1. The molecule has 168 valence electrons. The first-order chi connectivity index (χ1) is 15.4. The van der Waals surface area contributed by atoms with Crippen LogP contribution in [0, 0.1) is 23.7 Å². The third kappa shape index (κ3) is 3.66. The fourth-order valence-electron chi connectivity index (χ4n) is 5.16. The minimum absolute atomic E-state index is 0.131. The van der Waals surface area contributed by atoms with Crippen molar-refractivity contribution in [3.8, 4) is 0 Å². The molecule has 0 spiro atoms. The summed E-state index contributed by atoms with van der Waals surface area (Å²) in [5.74, 6) is -2.58. The number of allylic oxidation sites excluding steroid dienone is 1. The fourth-order valence-corrected chi connectivity index (χ4v) is 5.16. The molecule has 1 heterocycles. The molecule has 1 aliphatic carbocycles. The van der Waals surface area contributed by atoms with Crippen LogP contribution in [0.25, 0.3) is 10.8 Å². The Labute approximate surface area is 187 Å². The van der Waals surface area contributed by atoms with Crippen LogP contribution in [-0.2, 0) is 14.4 Å². The summed E-state index contributed by atoms with van der Waals surface area (Å²) in [4.78, 5) is 41.1. The second-order valence-corrected chi connectivity index (χ2v) is 8.76. The van der Waals surface area contributed by atoms with Gasteiger partial charge in [-0.1, -0.05) is 49.4 Å². The monoisotopic (exact) mass is 435 g/mol. The molecule has 6 atom stereocenters. The summed E-state index contributed by atoms with van der Waals surface area (Å²) in [6.45, 7) is 3.35. The number of benzene rings is 2. The van der Waals surface area contributed by atoms with E-state index >= 15 is 0 Å². The van der Waals surface area contributed by atoms with Crippen LogP contribution >= 0.6 is 0 Å². The van der Waals surface area contributed by atoms with Gasteiger partial charge >= 0.3 is 0 Å². The van der Waals surface area contributed by atoms with Crippen LogP contribution in [0.3, 0.4) is 0 Å². The number of hydrogen-bond donors (Lipinski definition) is 3. The number of nitrogens with zero attached hydrogens (tertiary/aromatic N) is 1. The van der Waals surface area contributed by atoms with Crippen LogP contribution in [0.5, 0.6) is 0 Å². The zero-order valence-electron chi connectivity index (χ0n) is 18.5. The molecule has 0 unspecified atom stereocenters. The Morgan fingerprint density at radius 3 is 2.50 bits per heavy atom. The van der Waals surface area contributed by atoms with Crippen molar-refractivity contribution in [2.24, 2.45) is 23.7 Å². The molecule has 0 radical (unpaired) electrons. The summed E-state index contributed by atoms with van der Waals surface area (Å²) in [6.07, 6.45) is 3.80. The average Bonchev–Trinajstić information content (AvgIpc) is 3.10. The van der Waals surface area contributed by atoms with Gasteiger partial charge in [0.25, 0.3) is 0 Å². The maximum Gasteiger partial charge on any atom is 0.247 e. The van der Waals surface area contributed by atoms with E-state index in [1.807, 2.05) is 61.5 Å². The molecule has 2 aromatic carbocycles. The highest BCUT2D eigenvalue weighted by atomic mass is 16.3. The zero-order chi connectivity index (χ0) is 23.0. The van der Waals surface area contributed by atoms with Gasteiger partial charge in [0.1, 0.15) is 6.04 Å². The Hall–Kier alpha value is -3.19. The SMILES string of the molecule is CNC(=O)[C@H]1[C@H]2C(=O)N([C@H](C)CO)[C@H](C(=O)Nc3ccc4ccccc4c3)[C@H]2C=C[C@H]1C. The molecule has 4 rings (SSSR count). The van der Waals surface area contributed by atoms with Crippen molar-refractivity contribution in [3.05, 3.63) is 54.6 Å². The van der Waals surface area contributed by atoms with E-state index in [2.05, 4.69) is 10.6 Å². The normalized spacial score (nSPS) is 27.8. The molecular weight excluding hydrogens is 406 g/mol. The summed E-state index contributed by atoms with van der Waals surface area (Å²) < 4.78 is 0. The second-order valence-electron chi connectivity index (χ2n) is 8.76.